The molecule has 1 fully saturated rings. The van der Waals surface area contributed by atoms with Crippen LogP contribution in [-0.2, 0) is 9.53 Å². The first kappa shape index (κ1) is 20.7. The topological polar surface area (TPSA) is 93.7 Å². The van der Waals surface area contributed by atoms with E-state index in [1.807, 2.05) is 6.92 Å². The van der Waals surface area contributed by atoms with Crippen LogP contribution in [0.1, 0.15) is 62.7 Å². The van der Waals surface area contributed by atoms with Crippen LogP contribution < -0.4 is 15.4 Å². The highest BCUT2D eigenvalue weighted by atomic mass is 16.5. The first-order valence-electron chi connectivity index (χ1n) is 9.54. The molecule has 148 valence electrons. The minimum atomic E-state index is -1.08. The molecule has 1 aromatic carbocycles. The average Bonchev–Trinajstić information content (AvgIpc) is 2.67. The summed E-state index contributed by atoms with van der Waals surface area (Å²) in [5.41, 5.74) is 0.310. The standard InChI is InChI=1S/C20H28N2O5/c1-3-13-26-17-11-9-15(10-12-17)19(24)27-14(2)18(23)22-20(25)21-16-7-5-4-6-8-16/h9-12,14,16H,3-8,13H2,1-2H3,(H2,21,22,23,25)/t14-/m1/s1. The van der Waals surface area contributed by atoms with Crippen molar-refractivity contribution in [2.24, 2.45) is 0 Å². The van der Waals surface area contributed by atoms with Gasteiger partial charge in [-0.3, -0.25) is 10.1 Å². The number of carbonyl (C=O) groups excluding carboxylic acids is 3. The minimum Gasteiger partial charge on any atom is -0.494 e. The van der Waals surface area contributed by atoms with Crippen molar-refractivity contribution < 1.29 is 23.9 Å². The molecule has 0 spiro atoms. The Hall–Kier alpha value is -2.57. The van der Waals surface area contributed by atoms with Crippen molar-refractivity contribution in [3.8, 4) is 5.75 Å². The summed E-state index contributed by atoms with van der Waals surface area (Å²) in [5.74, 6) is -0.620. The zero-order valence-electron chi connectivity index (χ0n) is 16.0. The average molecular weight is 376 g/mol. The second kappa shape index (κ2) is 10.5. The van der Waals surface area contributed by atoms with Crippen molar-refractivity contribution in [2.75, 3.05) is 6.61 Å². The quantitative estimate of drug-likeness (QED) is 0.713. The maximum Gasteiger partial charge on any atom is 0.338 e. The molecule has 0 saturated heterocycles. The van der Waals surface area contributed by atoms with E-state index in [0.29, 0.717) is 17.9 Å². The molecular formula is C20H28N2O5. The van der Waals surface area contributed by atoms with E-state index in [1.54, 1.807) is 24.3 Å². The van der Waals surface area contributed by atoms with Gasteiger partial charge in [-0.1, -0.05) is 26.2 Å². The Morgan fingerprint density at radius 2 is 1.78 bits per heavy atom. The summed E-state index contributed by atoms with van der Waals surface area (Å²) >= 11 is 0. The molecule has 2 N–H and O–H groups in total. The molecule has 0 bridgehead atoms. The van der Waals surface area contributed by atoms with Crippen LogP contribution in [0.4, 0.5) is 4.79 Å². The zero-order valence-corrected chi connectivity index (χ0v) is 16.0. The number of hydrogen-bond acceptors (Lipinski definition) is 5. The van der Waals surface area contributed by atoms with E-state index >= 15 is 0 Å². The number of carbonyl (C=O) groups is 3. The van der Waals surface area contributed by atoms with Crippen LogP contribution >= 0.6 is 0 Å². The Labute approximate surface area is 159 Å². The van der Waals surface area contributed by atoms with Gasteiger partial charge in [-0.15, -0.1) is 0 Å². The third kappa shape index (κ3) is 6.92. The lowest BCUT2D eigenvalue weighted by molar-refractivity contribution is -0.127. The molecule has 7 nitrogen and oxygen atoms in total. The van der Waals surface area contributed by atoms with Gasteiger partial charge in [-0.05, 0) is 50.5 Å². The lowest BCUT2D eigenvalue weighted by Gasteiger charge is -2.23. The predicted octanol–water partition coefficient (Wildman–Crippen LogP) is 3.18. The van der Waals surface area contributed by atoms with E-state index in [9.17, 15) is 14.4 Å². The lowest BCUT2D eigenvalue weighted by Crippen LogP contribution is -2.48. The molecule has 27 heavy (non-hydrogen) atoms. The normalized spacial score (nSPS) is 15.5. The minimum absolute atomic E-state index is 0.0952. The van der Waals surface area contributed by atoms with E-state index in [-0.39, 0.29) is 6.04 Å². The maximum atomic E-state index is 12.1. The summed E-state index contributed by atoms with van der Waals surface area (Å²) in [6.45, 7) is 4.04. The van der Waals surface area contributed by atoms with E-state index in [2.05, 4.69) is 10.6 Å². The van der Waals surface area contributed by atoms with Gasteiger partial charge in [0.05, 0.1) is 12.2 Å². The third-order valence-corrected chi connectivity index (χ3v) is 4.39. The Morgan fingerprint density at radius 3 is 2.41 bits per heavy atom. The van der Waals surface area contributed by atoms with Gasteiger partial charge in [0, 0.05) is 6.04 Å². The van der Waals surface area contributed by atoms with Gasteiger partial charge in [0.2, 0.25) is 0 Å². The molecule has 1 aromatic rings. The number of esters is 1. The molecule has 0 unspecified atom stereocenters. The van der Waals surface area contributed by atoms with Gasteiger partial charge in [0.25, 0.3) is 5.91 Å². The molecule has 0 aromatic heterocycles. The highest BCUT2D eigenvalue weighted by Gasteiger charge is 2.22. The molecule has 7 heteroatoms. The van der Waals surface area contributed by atoms with Crippen molar-refractivity contribution in [1.29, 1.82) is 0 Å². The summed E-state index contributed by atoms with van der Waals surface area (Å²) < 4.78 is 10.6. The Bertz CT molecular complexity index is 638. The van der Waals surface area contributed by atoms with Gasteiger partial charge in [0.1, 0.15) is 5.75 Å². The molecule has 1 aliphatic rings. The van der Waals surface area contributed by atoms with Gasteiger partial charge < -0.3 is 14.8 Å². The van der Waals surface area contributed by atoms with Crippen LogP contribution in [0.5, 0.6) is 5.75 Å². The van der Waals surface area contributed by atoms with Crippen LogP contribution in [0.3, 0.4) is 0 Å². The maximum absolute atomic E-state index is 12.1. The summed E-state index contributed by atoms with van der Waals surface area (Å²) in [4.78, 5) is 36.1. The molecule has 0 radical (unpaired) electrons. The van der Waals surface area contributed by atoms with Crippen LogP contribution in [0.25, 0.3) is 0 Å². The van der Waals surface area contributed by atoms with Crippen molar-refractivity contribution in [3.05, 3.63) is 29.8 Å². The summed E-state index contributed by atoms with van der Waals surface area (Å²) in [5, 5.41) is 5.02. The van der Waals surface area contributed by atoms with E-state index in [0.717, 1.165) is 32.1 Å². The summed E-state index contributed by atoms with van der Waals surface area (Å²) in [6, 6.07) is 6.05. The molecule has 2 rings (SSSR count). The van der Waals surface area contributed by atoms with Crippen LogP contribution in [0.2, 0.25) is 0 Å². The smallest absolute Gasteiger partial charge is 0.338 e. The second-order valence-electron chi connectivity index (χ2n) is 6.72. The summed E-state index contributed by atoms with van der Waals surface area (Å²) in [7, 11) is 0. The van der Waals surface area contributed by atoms with Crippen molar-refractivity contribution >= 4 is 17.9 Å². The molecule has 3 amide bonds. The fourth-order valence-corrected chi connectivity index (χ4v) is 2.87. The Kier molecular flexibility index (Phi) is 8.10. The number of ether oxygens (including phenoxy) is 2. The fourth-order valence-electron chi connectivity index (χ4n) is 2.87. The number of amides is 3. The SMILES string of the molecule is CCCOc1ccc(C(=O)O[C@H](C)C(=O)NC(=O)NC2CCCCC2)cc1. The van der Waals surface area contributed by atoms with Gasteiger partial charge >= 0.3 is 12.0 Å². The molecule has 1 saturated carbocycles. The highest BCUT2D eigenvalue weighted by Crippen LogP contribution is 2.17. The van der Waals surface area contributed by atoms with Crippen molar-refractivity contribution in [3.63, 3.8) is 0 Å². The molecule has 1 atom stereocenters. The van der Waals surface area contributed by atoms with Crippen LogP contribution in [0, 0.1) is 0 Å². The van der Waals surface area contributed by atoms with Gasteiger partial charge in [-0.25, -0.2) is 9.59 Å². The Balaban J connectivity index is 1.78. The zero-order chi connectivity index (χ0) is 19.6. The third-order valence-electron chi connectivity index (χ3n) is 4.39. The van der Waals surface area contributed by atoms with E-state index in [4.69, 9.17) is 9.47 Å². The first-order valence-corrected chi connectivity index (χ1v) is 9.54. The highest BCUT2D eigenvalue weighted by molar-refractivity contribution is 5.98. The molecule has 1 aliphatic carbocycles. The molecule has 0 heterocycles. The largest absolute Gasteiger partial charge is 0.494 e. The van der Waals surface area contributed by atoms with E-state index < -0.39 is 24.0 Å². The summed E-state index contributed by atoms with van der Waals surface area (Å²) in [6.07, 6.45) is 4.99. The van der Waals surface area contributed by atoms with Crippen LogP contribution in [0.15, 0.2) is 24.3 Å². The number of nitrogens with one attached hydrogen (secondary N) is 2. The van der Waals surface area contributed by atoms with E-state index in [1.165, 1.54) is 13.3 Å². The number of benzene rings is 1. The number of rotatable bonds is 7. The fraction of sp³-hybridized carbons (Fsp3) is 0.550. The van der Waals surface area contributed by atoms with Crippen molar-refractivity contribution in [2.45, 2.75) is 64.5 Å². The van der Waals surface area contributed by atoms with Gasteiger partial charge in [-0.2, -0.15) is 0 Å². The monoisotopic (exact) mass is 376 g/mol. The lowest BCUT2D eigenvalue weighted by atomic mass is 9.96. The molecule has 0 aliphatic heterocycles. The van der Waals surface area contributed by atoms with Crippen LogP contribution in [-0.4, -0.2) is 36.7 Å². The number of hydrogen-bond donors (Lipinski definition) is 2. The number of imide groups is 1. The first-order chi connectivity index (χ1) is 13.0. The van der Waals surface area contributed by atoms with Crippen molar-refractivity contribution in [1.82, 2.24) is 10.6 Å². The van der Waals surface area contributed by atoms with Gasteiger partial charge in [0.15, 0.2) is 6.10 Å². The predicted molar refractivity (Wildman–Crippen MR) is 101 cm³/mol. The second-order valence-corrected chi connectivity index (χ2v) is 6.72. The molecular weight excluding hydrogens is 348 g/mol. The Morgan fingerprint density at radius 1 is 1.11 bits per heavy atom. The number of urea groups is 1.